The van der Waals surface area contributed by atoms with Crippen LogP contribution in [0.25, 0.3) is 0 Å². The Balaban J connectivity index is 2.71. The second kappa shape index (κ2) is 5.76. The van der Waals surface area contributed by atoms with Gasteiger partial charge in [-0.25, -0.2) is 0 Å². The van der Waals surface area contributed by atoms with Crippen molar-refractivity contribution in [3.05, 3.63) is 29.3 Å². The van der Waals surface area contributed by atoms with Gasteiger partial charge in [0.15, 0.2) is 0 Å². The number of nitrogens with one attached hydrogen (secondary N) is 2. The first-order valence-electron chi connectivity index (χ1n) is 5.19. The van der Waals surface area contributed by atoms with Gasteiger partial charge in [0.05, 0.1) is 17.8 Å². The number of carbonyl (C=O) groups excluding carboxylic acids is 1. The molecule has 0 radical (unpaired) electrons. The smallest absolute Gasteiger partial charge is 0.239 e. The Morgan fingerprint density at radius 1 is 1.50 bits per heavy atom. The van der Waals surface area contributed by atoms with Crippen molar-refractivity contribution >= 4 is 11.6 Å². The Morgan fingerprint density at radius 2 is 2.25 bits per heavy atom. The normalized spacial score (nSPS) is 9.31. The van der Waals surface area contributed by atoms with E-state index in [1.54, 1.807) is 6.07 Å². The van der Waals surface area contributed by atoms with Gasteiger partial charge in [-0.1, -0.05) is 12.1 Å². The summed E-state index contributed by atoms with van der Waals surface area (Å²) in [5.74, 6) is -0.0760. The second-order valence-corrected chi connectivity index (χ2v) is 3.42. The van der Waals surface area contributed by atoms with Gasteiger partial charge in [-0.2, -0.15) is 5.26 Å². The van der Waals surface area contributed by atoms with Crippen LogP contribution in [0.4, 0.5) is 5.69 Å². The van der Waals surface area contributed by atoms with Gasteiger partial charge in [-0.3, -0.25) is 4.79 Å². The Morgan fingerprint density at radius 3 is 2.88 bits per heavy atom. The highest BCUT2D eigenvalue weighted by Crippen LogP contribution is 2.17. The second-order valence-electron chi connectivity index (χ2n) is 3.42. The van der Waals surface area contributed by atoms with Crippen molar-refractivity contribution in [1.29, 1.82) is 5.26 Å². The summed E-state index contributed by atoms with van der Waals surface area (Å²) >= 11 is 0. The molecule has 84 valence electrons. The molecule has 4 nitrogen and oxygen atoms in total. The van der Waals surface area contributed by atoms with Gasteiger partial charge < -0.3 is 10.6 Å². The van der Waals surface area contributed by atoms with E-state index in [2.05, 4.69) is 16.7 Å². The number of aryl methyl sites for hydroxylation is 1. The number of rotatable bonds is 4. The van der Waals surface area contributed by atoms with E-state index in [1.807, 2.05) is 26.0 Å². The van der Waals surface area contributed by atoms with Gasteiger partial charge in [0, 0.05) is 6.54 Å². The lowest BCUT2D eigenvalue weighted by Crippen LogP contribution is -2.29. The topological polar surface area (TPSA) is 64.9 Å². The van der Waals surface area contributed by atoms with Crippen molar-refractivity contribution in [3.8, 4) is 6.07 Å². The zero-order chi connectivity index (χ0) is 12.0. The molecule has 0 atom stereocenters. The van der Waals surface area contributed by atoms with Crippen molar-refractivity contribution < 1.29 is 4.79 Å². The van der Waals surface area contributed by atoms with Crippen LogP contribution in [0, 0.1) is 18.3 Å². The molecule has 0 heterocycles. The monoisotopic (exact) mass is 217 g/mol. The predicted octanol–water partition coefficient (Wildman–Crippen LogP) is 1.41. The molecule has 0 saturated carbocycles. The predicted molar refractivity (Wildman–Crippen MR) is 63.1 cm³/mol. The van der Waals surface area contributed by atoms with Crippen LogP contribution in [0.15, 0.2) is 18.2 Å². The van der Waals surface area contributed by atoms with E-state index in [0.717, 1.165) is 5.56 Å². The number of anilines is 1. The summed E-state index contributed by atoms with van der Waals surface area (Å²) in [6.07, 6.45) is 0. The first-order chi connectivity index (χ1) is 7.69. The van der Waals surface area contributed by atoms with Crippen LogP contribution >= 0.6 is 0 Å². The highest BCUT2D eigenvalue weighted by Gasteiger charge is 2.05. The van der Waals surface area contributed by atoms with Crippen LogP contribution in [0.2, 0.25) is 0 Å². The van der Waals surface area contributed by atoms with Crippen molar-refractivity contribution in [1.82, 2.24) is 5.32 Å². The highest BCUT2D eigenvalue weighted by molar-refractivity contribution is 5.81. The molecule has 1 rings (SSSR count). The molecule has 1 aromatic carbocycles. The van der Waals surface area contributed by atoms with Crippen molar-refractivity contribution in [2.24, 2.45) is 0 Å². The molecule has 0 spiro atoms. The molecule has 1 amide bonds. The Hall–Kier alpha value is -2.02. The molecule has 0 aromatic heterocycles. The molecule has 4 heteroatoms. The van der Waals surface area contributed by atoms with Crippen LogP contribution in [-0.2, 0) is 4.79 Å². The van der Waals surface area contributed by atoms with E-state index in [-0.39, 0.29) is 12.5 Å². The molecule has 16 heavy (non-hydrogen) atoms. The Kier molecular flexibility index (Phi) is 4.34. The number of nitrogens with zero attached hydrogens (tertiary/aromatic N) is 1. The van der Waals surface area contributed by atoms with E-state index in [0.29, 0.717) is 17.8 Å². The van der Waals surface area contributed by atoms with Crippen LogP contribution in [-0.4, -0.2) is 19.0 Å². The van der Waals surface area contributed by atoms with E-state index in [1.165, 1.54) is 0 Å². The molecule has 0 saturated heterocycles. The third-order valence-corrected chi connectivity index (χ3v) is 2.20. The lowest BCUT2D eigenvalue weighted by atomic mass is 10.1. The van der Waals surface area contributed by atoms with Crippen molar-refractivity contribution in [2.75, 3.05) is 18.4 Å². The number of likely N-dealkylation sites (N-methyl/N-ethyl adjacent to an activating group) is 1. The van der Waals surface area contributed by atoms with Gasteiger partial charge >= 0.3 is 0 Å². The lowest BCUT2D eigenvalue weighted by Gasteiger charge is -2.09. The summed E-state index contributed by atoms with van der Waals surface area (Å²) in [6.45, 7) is 4.53. The van der Waals surface area contributed by atoms with E-state index >= 15 is 0 Å². The zero-order valence-corrected chi connectivity index (χ0v) is 9.50. The summed E-state index contributed by atoms with van der Waals surface area (Å²) < 4.78 is 0. The molecule has 0 fully saturated rings. The molecule has 1 aromatic rings. The summed E-state index contributed by atoms with van der Waals surface area (Å²) in [7, 11) is 0. The minimum atomic E-state index is -0.0760. The number of benzene rings is 1. The van der Waals surface area contributed by atoms with Crippen molar-refractivity contribution in [3.63, 3.8) is 0 Å². The van der Waals surface area contributed by atoms with Crippen LogP contribution < -0.4 is 10.6 Å². The molecule has 2 N–H and O–H groups in total. The highest BCUT2D eigenvalue weighted by atomic mass is 16.1. The standard InChI is InChI=1S/C12H15N3O/c1-3-14-12(16)8-15-11-6-4-5-9(2)10(11)7-13/h4-6,15H,3,8H2,1-2H3,(H,14,16). The van der Waals surface area contributed by atoms with Crippen LogP contribution in [0.1, 0.15) is 18.1 Å². The number of hydrogen-bond donors (Lipinski definition) is 2. The average Bonchev–Trinajstić information content (AvgIpc) is 2.27. The minimum Gasteiger partial charge on any atom is -0.375 e. The summed E-state index contributed by atoms with van der Waals surface area (Å²) in [5.41, 5.74) is 2.20. The fourth-order valence-corrected chi connectivity index (χ4v) is 1.40. The van der Waals surface area contributed by atoms with E-state index in [4.69, 9.17) is 5.26 Å². The number of nitriles is 1. The lowest BCUT2D eigenvalue weighted by molar-refractivity contribution is -0.119. The molecule has 0 aliphatic heterocycles. The van der Waals surface area contributed by atoms with Gasteiger partial charge in [-0.05, 0) is 25.5 Å². The number of hydrogen-bond acceptors (Lipinski definition) is 3. The van der Waals surface area contributed by atoms with Gasteiger partial charge in [0.25, 0.3) is 0 Å². The maximum atomic E-state index is 11.2. The fourth-order valence-electron chi connectivity index (χ4n) is 1.40. The minimum absolute atomic E-state index is 0.0760. The summed E-state index contributed by atoms with van der Waals surface area (Å²) in [5, 5.41) is 14.6. The summed E-state index contributed by atoms with van der Waals surface area (Å²) in [4.78, 5) is 11.2. The Bertz CT molecular complexity index is 421. The van der Waals surface area contributed by atoms with Gasteiger partial charge in [0.1, 0.15) is 6.07 Å². The molecular formula is C12H15N3O. The first-order valence-corrected chi connectivity index (χ1v) is 5.19. The van der Waals surface area contributed by atoms with E-state index < -0.39 is 0 Å². The number of carbonyl (C=O) groups is 1. The molecule has 0 unspecified atom stereocenters. The largest absolute Gasteiger partial charge is 0.375 e. The number of amides is 1. The van der Waals surface area contributed by atoms with Crippen LogP contribution in [0.5, 0.6) is 0 Å². The average molecular weight is 217 g/mol. The van der Waals surface area contributed by atoms with Gasteiger partial charge in [0.2, 0.25) is 5.91 Å². The molecular weight excluding hydrogens is 202 g/mol. The van der Waals surface area contributed by atoms with Crippen LogP contribution in [0.3, 0.4) is 0 Å². The third-order valence-electron chi connectivity index (χ3n) is 2.20. The first kappa shape index (κ1) is 12.1. The third kappa shape index (κ3) is 2.99. The fraction of sp³-hybridized carbons (Fsp3) is 0.333. The summed E-state index contributed by atoms with van der Waals surface area (Å²) in [6, 6.07) is 7.65. The van der Waals surface area contributed by atoms with E-state index in [9.17, 15) is 4.79 Å². The quantitative estimate of drug-likeness (QED) is 0.801. The molecule has 0 bridgehead atoms. The molecule has 0 aliphatic rings. The van der Waals surface area contributed by atoms with Crippen molar-refractivity contribution in [2.45, 2.75) is 13.8 Å². The Labute approximate surface area is 95.3 Å². The maximum Gasteiger partial charge on any atom is 0.239 e. The maximum absolute atomic E-state index is 11.2. The SMILES string of the molecule is CCNC(=O)CNc1cccc(C)c1C#N. The van der Waals surface area contributed by atoms with Gasteiger partial charge in [-0.15, -0.1) is 0 Å². The zero-order valence-electron chi connectivity index (χ0n) is 9.50. The molecule has 0 aliphatic carbocycles.